The van der Waals surface area contributed by atoms with E-state index in [1.54, 1.807) is 14.2 Å². The van der Waals surface area contributed by atoms with Crippen molar-refractivity contribution in [1.29, 1.82) is 0 Å². The first-order chi connectivity index (χ1) is 14.2. The van der Waals surface area contributed by atoms with Crippen LogP contribution in [0.5, 0.6) is 5.75 Å². The van der Waals surface area contributed by atoms with Gasteiger partial charge in [0.05, 0.1) is 19.8 Å². The number of hydrogen-bond acceptors (Lipinski definition) is 4. The van der Waals surface area contributed by atoms with E-state index in [1.165, 1.54) is 18.4 Å². The fraction of sp³-hybridized carbons (Fsp3) is 0.696. The van der Waals surface area contributed by atoms with Gasteiger partial charge in [0.1, 0.15) is 5.75 Å². The van der Waals surface area contributed by atoms with Crippen LogP contribution in [0.2, 0.25) is 0 Å². The standard InChI is InChI=1S/C23H37N3O3.HI/c1-4-24-22(26-14-10-19(11-15-26)29-17-7-16-27-2)25-18-23(12-13-23)20-8-5-6-9-21(20)28-3;/h5-6,8-9,19H,4,7,10-18H2,1-3H3,(H,24,25);1H. The van der Waals surface area contributed by atoms with Crippen LogP contribution < -0.4 is 10.1 Å². The number of nitrogens with zero attached hydrogens (tertiary/aromatic N) is 2. The lowest BCUT2D eigenvalue weighted by atomic mass is 9.95. The van der Waals surface area contributed by atoms with E-state index in [4.69, 9.17) is 19.2 Å². The molecule has 2 fully saturated rings. The molecule has 0 atom stereocenters. The number of methoxy groups -OCH3 is 2. The van der Waals surface area contributed by atoms with Crippen molar-refractivity contribution in [1.82, 2.24) is 10.2 Å². The Hall–Kier alpha value is -1.06. The Bertz CT molecular complexity index is 659. The van der Waals surface area contributed by atoms with Crippen molar-refractivity contribution < 1.29 is 14.2 Å². The molecule has 1 N–H and O–H groups in total. The molecule has 170 valence electrons. The van der Waals surface area contributed by atoms with E-state index in [-0.39, 0.29) is 29.4 Å². The second kappa shape index (κ2) is 12.7. The predicted octanol–water partition coefficient (Wildman–Crippen LogP) is 3.83. The molecule has 1 aliphatic heterocycles. The third-order valence-corrected chi connectivity index (χ3v) is 5.99. The Kier molecular flexibility index (Phi) is 10.7. The topological polar surface area (TPSA) is 55.3 Å². The third-order valence-electron chi connectivity index (χ3n) is 5.99. The monoisotopic (exact) mass is 531 g/mol. The molecular formula is C23H38IN3O3. The molecule has 0 unspecified atom stereocenters. The summed E-state index contributed by atoms with van der Waals surface area (Å²) in [6.45, 7) is 7.36. The summed E-state index contributed by atoms with van der Waals surface area (Å²) in [5.41, 5.74) is 1.43. The number of aliphatic imine (C=N–C) groups is 1. The Balaban J connectivity index is 0.00000320. The minimum Gasteiger partial charge on any atom is -0.496 e. The SMILES string of the molecule is CCNC(=NCC1(c2ccccc2OC)CC1)N1CCC(OCCCOC)CC1.I. The quantitative estimate of drug-likeness (QED) is 0.215. The van der Waals surface area contributed by atoms with Gasteiger partial charge in [0.15, 0.2) is 5.96 Å². The molecule has 3 rings (SSSR count). The molecule has 6 nitrogen and oxygen atoms in total. The number of hydrogen-bond donors (Lipinski definition) is 1. The van der Waals surface area contributed by atoms with E-state index in [0.717, 1.165) is 70.4 Å². The number of ether oxygens (including phenoxy) is 3. The van der Waals surface area contributed by atoms with Gasteiger partial charge in [0.2, 0.25) is 0 Å². The second-order valence-electron chi connectivity index (χ2n) is 8.05. The Morgan fingerprint density at radius 2 is 1.90 bits per heavy atom. The highest BCUT2D eigenvalue weighted by molar-refractivity contribution is 14.0. The van der Waals surface area contributed by atoms with Crippen LogP contribution in [0.25, 0.3) is 0 Å². The molecule has 0 radical (unpaired) electrons. The van der Waals surface area contributed by atoms with Crippen LogP contribution in [-0.2, 0) is 14.9 Å². The second-order valence-corrected chi connectivity index (χ2v) is 8.05. The highest BCUT2D eigenvalue weighted by atomic mass is 127. The van der Waals surface area contributed by atoms with Crippen molar-refractivity contribution in [2.75, 3.05) is 53.6 Å². The van der Waals surface area contributed by atoms with Crippen LogP contribution in [0, 0.1) is 0 Å². The fourth-order valence-corrected chi connectivity index (χ4v) is 4.09. The average molecular weight is 531 g/mol. The van der Waals surface area contributed by atoms with Gasteiger partial charge < -0.3 is 24.4 Å². The molecule has 0 spiro atoms. The maximum Gasteiger partial charge on any atom is 0.193 e. The third kappa shape index (κ3) is 6.72. The number of benzene rings is 1. The summed E-state index contributed by atoms with van der Waals surface area (Å²) < 4.78 is 16.7. The number of para-hydroxylation sites is 1. The molecule has 0 bridgehead atoms. The van der Waals surface area contributed by atoms with Crippen LogP contribution in [0.4, 0.5) is 0 Å². The first kappa shape index (κ1) is 25.2. The molecule has 1 saturated carbocycles. The fourth-order valence-electron chi connectivity index (χ4n) is 4.09. The number of likely N-dealkylation sites (tertiary alicyclic amines) is 1. The largest absolute Gasteiger partial charge is 0.496 e. The van der Waals surface area contributed by atoms with Gasteiger partial charge in [-0.1, -0.05) is 18.2 Å². The number of piperidine rings is 1. The van der Waals surface area contributed by atoms with Gasteiger partial charge >= 0.3 is 0 Å². The van der Waals surface area contributed by atoms with E-state index in [1.807, 2.05) is 6.07 Å². The summed E-state index contributed by atoms with van der Waals surface area (Å²) in [7, 11) is 3.49. The van der Waals surface area contributed by atoms with Crippen LogP contribution in [0.3, 0.4) is 0 Å². The van der Waals surface area contributed by atoms with Gasteiger partial charge in [-0.2, -0.15) is 0 Å². The summed E-state index contributed by atoms with van der Waals surface area (Å²) in [6.07, 6.45) is 5.77. The molecule has 1 aromatic rings. The molecule has 1 saturated heterocycles. The maximum atomic E-state index is 6.00. The first-order valence-electron chi connectivity index (χ1n) is 11.0. The van der Waals surface area contributed by atoms with Crippen LogP contribution >= 0.6 is 24.0 Å². The highest BCUT2D eigenvalue weighted by Crippen LogP contribution is 2.51. The van der Waals surface area contributed by atoms with E-state index in [2.05, 4.69) is 35.3 Å². The molecule has 2 aliphatic rings. The van der Waals surface area contributed by atoms with Crippen molar-refractivity contribution in [3.05, 3.63) is 29.8 Å². The Morgan fingerprint density at radius 1 is 1.17 bits per heavy atom. The van der Waals surface area contributed by atoms with Gasteiger partial charge in [-0.25, -0.2) is 0 Å². The van der Waals surface area contributed by atoms with Gasteiger partial charge in [0.25, 0.3) is 0 Å². The summed E-state index contributed by atoms with van der Waals surface area (Å²) in [4.78, 5) is 7.44. The van der Waals surface area contributed by atoms with Gasteiger partial charge in [-0.3, -0.25) is 4.99 Å². The minimum absolute atomic E-state index is 0. The number of halogens is 1. The molecule has 1 heterocycles. The van der Waals surface area contributed by atoms with Crippen molar-refractivity contribution in [3.8, 4) is 5.75 Å². The number of nitrogens with one attached hydrogen (secondary N) is 1. The number of rotatable bonds is 10. The summed E-state index contributed by atoms with van der Waals surface area (Å²) in [5.74, 6) is 2.02. The van der Waals surface area contributed by atoms with E-state index in [9.17, 15) is 0 Å². The minimum atomic E-state index is 0. The first-order valence-corrected chi connectivity index (χ1v) is 11.0. The number of guanidine groups is 1. The predicted molar refractivity (Wildman–Crippen MR) is 132 cm³/mol. The van der Waals surface area contributed by atoms with E-state index < -0.39 is 0 Å². The van der Waals surface area contributed by atoms with Crippen LogP contribution in [0.1, 0.15) is 44.6 Å². The average Bonchev–Trinajstić information content (AvgIpc) is 3.56. The normalized spacial score (nSPS) is 18.6. The zero-order valence-corrected chi connectivity index (χ0v) is 21.0. The maximum absolute atomic E-state index is 6.00. The van der Waals surface area contributed by atoms with Crippen molar-refractivity contribution >= 4 is 29.9 Å². The Labute approximate surface area is 198 Å². The summed E-state index contributed by atoms with van der Waals surface area (Å²) in [6, 6.07) is 8.39. The summed E-state index contributed by atoms with van der Waals surface area (Å²) in [5, 5.41) is 3.49. The molecule has 0 aromatic heterocycles. The molecular weight excluding hydrogens is 493 g/mol. The molecule has 0 amide bonds. The highest BCUT2D eigenvalue weighted by Gasteiger charge is 2.46. The zero-order valence-electron chi connectivity index (χ0n) is 18.7. The summed E-state index contributed by atoms with van der Waals surface area (Å²) >= 11 is 0. The van der Waals surface area contributed by atoms with Crippen molar-refractivity contribution in [2.24, 2.45) is 4.99 Å². The van der Waals surface area contributed by atoms with Crippen LogP contribution in [0.15, 0.2) is 29.3 Å². The van der Waals surface area contributed by atoms with Gasteiger partial charge in [0, 0.05) is 50.9 Å². The molecule has 7 heteroatoms. The Morgan fingerprint density at radius 3 is 2.53 bits per heavy atom. The van der Waals surface area contributed by atoms with E-state index >= 15 is 0 Å². The zero-order chi connectivity index (χ0) is 20.5. The van der Waals surface area contributed by atoms with E-state index in [0.29, 0.717) is 6.10 Å². The van der Waals surface area contributed by atoms with Crippen molar-refractivity contribution in [3.63, 3.8) is 0 Å². The van der Waals surface area contributed by atoms with Gasteiger partial charge in [-0.15, -0.1) is 24.0 Å². The lowest BCUT2D eigenvalue weighted by molar-refractivity contribution is 0.00990. The lowest BCUT2D eigenvalue weighted by Gasteiger charge is -2.34. The smallest absolute Gasteiger partial charge is 0.193 e. The molecule has 1 aromatic carbocycles. The molecule has 1 aliphatic carbocycles. The lowest BCUT2D eigenvalue weighted by Crippen LogP contribution is -2.47. The van der Waals surface area contributed by atoms with Crippen molar-refractivity contribution in [2.45, 2.75) is 50.5 Å². The van der Waals surface area contributed by atoms with Crippen LogP contribution in [-0.4, -0.2) is 70.6 Å². The molecule has 30 heavy (non-hydrogen) atoms. The van der Waals surface area contributed by atoms with Gasteiger partial charge in [-0.05, 0) is 45.1 Å².